The zero-order chi connectivity index (χ0) is 15.1. The van der Waals surface area contributed by atoms with Crippen molar-refractivity contribution in [1.82, 2.24) is 5.32 Å². The fourth-order valence-corrected chi connectivity index (χ4v) is 2.03. The van der Waals surface area contributed by atoms with Gasteiger partial charge in [0.05, 0.1) is 0 Å². The van der Waals surface area contributed by atoms with Gasteiger partial charge >= 0.3 is 0 Å². The zero-order valence-electron chi connectivity index (χ0n) is 12.6. The second-order valence-electron chi connectivity index (χ2n) is 5.55. The Kier molecular flexibility index (Phi) is 5.76. The van der Waals surface area contributed by atoms with Crippen molar-refractivity contribution in [3.8, 4) is 5.75 Å². The van der Waals surface area contributed by atoms with E-state index in [1.165, 1.54) is 11.6 Å². The van der Waals surface area contributed by atoms with Gasteiger partial charge in [-0.3, -0.25) is 0 Å². The molecule has 0 bridgehead atoms. The summed E-state index contributed by atoms with van der Waals surface area (Å²) in [6.45, 7) is 6.41. The third-order valence-electron chi connectivity index (χ3n) is 3.13. The highest BCUT2D eigenvalue weighted by Crippen LogP contribution is 2.16. The van der Waals surface area contributed by atoms with Crippen LogP contribution >= 0.6 is 0 Å². The largest absolute Gasteiger partial charge is 0.489 e. The summed E-state index contributed by atoms with van der Waals surface area (Å²) in [6, 6.07) is 14.6. The molecule has 0 atom stereocenters. The summed E-state index contributed by atoms with van der Waals surface area (Å²) in [5.41, 5.74) is 1.74. The van der Waals surface area contributed by atoms with E-state index in [0.29, 0.717) is 11.5 Å². The van der Waals surface area contributed by atoms with Crippen LogP contribution in [0.25, 0.3) is 0 Å². The average Bonchev–Trinajstić information content (AvgIpc) is 2.46. The number of nitrogens with one attached hydrogen (secondary N) is 1. The minimum absolute atomic E-state index is 0.229. The standard InChI is InChI=1S/C18H22FNO/c1-14(2)11-20-12-15-6-5-8-17(10-15)21-13-16-7-3-4-9-18(16)19/h3-10,14,20H,11-13H2,1-2H3. The molecule has 0 spiro atoms. The first-order chi connectivity index (χ1) is 10.1. The van der Waals surface area contributed by atoms with Gasteiger partial charge in [0.1, 0.15) is 18.2 Å². The van der Waals surface area contributed by atoms with E-state index in [-0.39, 0.29) is 12.4 Å². The Balaban J connectivity index is 1.90. The molecule has 2 nitrogen and oxygen atoms in total. The molecule has 3 heteroatoms. The summed E-state index contributed by atoms with van der Waals surface area (Å²) in [4.78, 5) is 0. The lowest BCUT2D eigenvalue weighted by molar-refractivity contribution is 0.299. The van der Waals surface area contributed by atoms with E-state index < -0.39 is 0 Å². The molecular weight excluding hydrogens is 265 g/mol. The Hall–Kier alpha value is -1.87. The number of hydrogen-bond acceptors (Lipinski definition) is 2. The van der Waals surface area contributed by atoms with Crippen LogP contribution in [-0.2, 0) is 13.2 Å². The molecular formula is C18H22FNO. The monoisotopic (exact) mass is 287 g/mol. The van der Waals surface area contributed by atoms with Crippen LogP contribution < -0.4 is 10.1 Å². The molecule has 0 fully saturated rings. The third kappa shape index (κ3) is 5.20. The second-order valence-corrected chi connectivity index (χ2v) is 5.55. The van der Waals surface area contributed by atoms with Crippen molar-refractivity contribution in [2.75, 3.05) is 6.54 Å². The highest BCUT2D eigenvalue weighted by atomic mass is 19.1. The van der Waals surface area contributed by atoms with Crippen molar-refractivity contribution >= 4 is 0 Å². The number of rotatable bonds is 7. The maximum Gasteiger partial charge on any atom is 0.129 e. The van der Waals surface area contributed by atoms with Gasteiger partial charge in [-0.2, -0.15) is 0 Å². The van der Waals surface area contributed by atoms with Crippen LogP contribution in [0.1, 0.15) is 25.0 Å². The highest BCUT2D eigenvalue weighted by Gasteiger charge is 2.02. The van der Waals surface area contributed by atoms with Crippen LogP contribution in [0.3, 0.4) is 0 Å². The van der Waals surface area contributed by atoms with Crippen molar-refractivity contribution in [2.24, 2.45) is 5.92 Å². The second kappa shape index (κ2) is 7.79. The minimum Gasteiger partial charge on any atom is -0.489 e. The summed E-state index contributed by atoms with van der Waals surface area (Å²) in [5.74, 6) is 1.17. The predicted molar refractivity (Wildman–Crippen MR) is 83.7 cm³/mol. The van der Waals surface area contributed by atoms with E-state index in [0.717, 1.165) is 18.8 Å². The van der Waals surface area contributed by atoms with E-state index >= 15 is 0 Å². The summed E-state index contributed by atoms with van der Waals surface area (Å²) in [6.07, 6.45) is 0. The van der Waals surface area contributed by atoms with Crippen LogP contribution in [-0.4, -0.2) is 6.54 Å². The average molecular weight is 287 g/mol. The molecule has 0 aliphatic carbocycles. The number of ether oxygens (including phenoxy) is 1. The lowest BCUT2D eigenvalue weighted by Crippen LogP contribution is -2.18. The van der Waals surface area contributed by atoms with Gasteiger partial charge in [0.2, 0.25) is 0 Å². The molecule has 2 rings (SSSR count). The lowest BCUT2D eigenvalue weighted by Gasteiger charge is -2.10. The van der Waals surface area contributed by atoms with Crippen molar-refractivity contribution < 1.29 is 9.13 Å². The smallest absolute Gasteiger partial charge is 0.129 e. The molecule has 0 aliphatic heterocycles. The first kappa shape index (κ1) is 15.5. The molecule has 0 saturated carbocycles. The van der Waals surface area contributed by atoms with Crippen LogP contribution in [0.5, 0.6) is 5.75 Å². The van der Waals surface area contributed by atoms with Gasteiger partial charge in [-0.15, -0.1) is 0 Å². The van der Waals surface area contributed by atoms with Gasteiger partial charge < -0.3 is 10.1 Å². The summed E-state index contributed by atoms with van der Waals surface area (Å²) in [5, 5.41) is 3.40. The third-order valence-corrected chi connectivity index (χ3v) is 3.13. The normalized spacial score (nSPS) is 10.9. The van der Waals surface area contributed by atoms with Gasteiger partial charge in [0.15, 0.2) is 0 Å². The molecule has 2 aromatic carbocycles. The molecule has 0 radical (unpaired) electrons. The van der Waals surface area contributed by atoms with E-state index in [1.807, 2.05) is 24.3 Å². The summed E-state index contributed by atoms with van der Waals surface area (Å²) >= 11 is 0. The van der Waals surface area contributed by atoms with Crippen LogP contribution in [0, 0.1) is 11.7 Å². The van der Waals surface area contributed by atoms with Gasteiger partial charge in [-0.05, 0) is 36.2 Å². The van der Waals surface area contributed by atoms with E-state index in [1.54, 1.807) is 12.1 Å². The Morgan fingerprint density at radius 1 is 1.10 bits per heavy atom. The predicted octanol–water partition coefficient (Wildman–Crippen LogP) is 4.15. The Morgan fingerprint density at radius 3 is 2.67 bits per heavy atom. The van der Waals surface area contributed by atoms with Gasteiger partial charge in [-0.1, -0.05) is 44.2 Å². The maximum atomic E-state index is 13.5. The Morgan fingerprint density at radius 2 is 1.90 bits per heavy atom. The Labute approximate surface area is 126 Å². The first-order valence-electron chi connectivity index (χ1n) is 7.31. The van der Waals surface area contributed by atoms with E-state index in [4.69, 9.17) is 4.74 Å². The lowest BCUT2D eigenvalue weighted by atomic mass is 10.2. The fourth-order valence-electron chi connectivity index (χ4n) is 2.03. The molecule has 2 aromatic rings. The van der Waals surface area contributed by atoms with Crippen LogP contribution in [0.4, 0.5) is 4.39 Å². The van der Waals surface area contributed by atoms with Gasteiger partial charge in [0.25, 0.3) is 0 Å². The van der Waals surface area contributed by atoms with E-state index in [9.17, 15) is 4.39 Å². The minimum atomic E-state index is -0.229. The van der Waals surface area contributed by atoms with Crippen molar-refractivity contribution in [3.63, 3.8) is 0 Å². The number of hydrogen-bond donors (Lipinski definition) is 1. The maximum absolute atomic E-state index is 13.5. The summed E-state index contributed by atoms with van der Waals surface area (Å²) < 4.78 is 19.2. The SMILES string of the molecule is CC(C)CNCc1cccc(OCc2ccccc2F)c1. The highest BCUT2D eigenvalue weighted by molar-refractivity contribution is 5.29. The molecule has 112 valence electrons. The van der Waals surface area contributed by atoms with Crippen molar-refractivity contribution in [3.05, 3.63) is 65.5 Å². The molecule has 1 N–H and O–H groups in total. The van der Waals surface area contributed by atoms with Gasteiger partial charge in [0, 0.05) is 12.1 Å². The summed E-state index contributed by atoms with van der Waals surface area (Å²) in [7, 11) is 0. The topological polar surface area (TPSA) is 21.3 Å². The quantitative estimate of drug-likeness (QED) is 0.826. The molecule has 0 heterocycles. The van der Waals surface area contributed by atoms with Gasteiger partial charge in [-0.25, -0.2) is 4.39 Å². The number of benzene rings is 2. The molecule has 0 amide bonds. The molecule has 0 unspecified atom stereocenters. The fraction of sp³-hybridized carbons (Fsp3) is 0.333. The first-order valence-corrected chi connectivity index (χ1v) is 7.31. The molecule has 0 saturated heterocycles. The van der Waals surface area contributed by atoms with Crippen LogP contribution in [0.15, 0.2) is 48.5 Å². The van der Waals surface area contributed by atoms with Crippen LogP contribution in [0.2, 0.25) is 0 Å². The number of halogens is 1. The zero-order valence-corrected chi connectivity index (χ0v) is 12.6. The Bertz CT molecular complexity index is 569. The molecule has 21 heavy (non-hydrogen) atoms. The van der Waals surface area contributed by atoms with E-state index in [2.05, 4.69) is 25.2 Å². The van der Waals surface area contributed by atoms with Crippen molar-refractivity contribution in [1.29, 1.82) is 0 Å². The molecule has 0 aliphatic rings. The van der Waals surface area contributed by atoms with Crippen molar-refractivity contribution in [2.45, 2.75) is 27.0 Å². The molecule has 0 aromatic heterocycles.